The number of nitrogens with zero attached hydrogens (tertiary/aromatic N) is 6. The van der Waals surface area contributed by atoms with Gasteiger partial charge in [-0.2, -0.15) is 18.3 Å². The van der Waals surface area contributed by atoms with E-state index >= 15 is 0 Å². The third kappa shape index (κ3) is 3.85. The van der Waals surface area contributed by atoms with Gasteiger partial charge in [-0.05, 0) is 39.5 Å². The van der Waals surface area contributed by atoms with E-state index in [4.69, 9.17) is 14.7 Å². The van der Waals surface area contributed by atoms with Crippen molar-refractivity contribution in [3.63, 3.8) is 0 Å². The van der Waals surface area contributed by atoms with Gasteiger partial charge in [0.2, 0.25) is 0 Å². The Morgan fingerprint density at radius 1 is 1.00 bits per heavy atom. The fraction of sp³-hybridized carbons (Fsp3) is 0.591. The van der Waals surface area contributed by atoms with E-state index in [9.17, 15) is 13.2 Å². The Kier molecular flexibility index (Phi) is 5.15. The molecule has 0 N–H and O–H groups in total. The van der Waals surface area contributed by atoms with Gasteiger partial charge in [0.25, 0.3) is 0 Å². The monoisotopic (exact) mass is 446 g/mol. The second-order valence-electron chi connectivity index (χ2n) is 8.97. The van der Waals surface area contributed by atoms with Gasteiger partial charge in [0.05, 0.1) is 35.3 Å². The summed E-state index contributed by atoms with van der Waals surface area (Å²) in [6.45, 7) is 4.26. The maximum atomic E-state index is 13.1. The van der Waals surface area contributed by atoms with Gasteiger partial charge in [0.15, 0.2) is 5.65 Å². The molecule has 1 aliphatic heterocycles. The standard InChI is InChI=1S/C22H25F3N6O/c1-11-12(2)28-21-19(27-11)18(14-6-16(7-14)22(23,24)25)29-20(30-21)13-4-5-32-17(8-13)15-9-26-31(3)10-15/h9-10,13-14,16-17H,4-8H2,1-3H3/t13-,14-,16-,17-/m0/s1. The van der Waals surface area contributed by atoms with Crippen molar-refractivity contribution in [3.05, 3.63) is 40.9 Å². The number of rotatable bonds is 3. The first-order chi connectivity index (χ1) is 15.2. The minimum Gasteiger partial charge on any atom is -0.373 e. The van der Waals surface area contributed by atoms with Crippen molar-refractivity contribution in [2.24, 2.45) is 13.0 Å². The van der Waals surface area contributed by atoms with Gasteiger partial charge in [0, 0.05) is 37.3 Å². The van der Waals surface area contributed by atoms with Crippen molar-refractivity contribution in [2.45, 2.75) is 63.6 Å². The highest BCUT2D eigenvalue weighted by Crippen LogP contribution is 2.50. The fourth-order valence-electron chi connectivity index (χ4n) is 4.60. The van der Waals surface area contributed by atoms with E-state index in [-0.39, 0.29) is 30.8 Å². The number of alkyl halides is 3. The van der Waals surface area contributed by atoms with Crippen LogP contribution < -0.4 is 0 Å². The first-order valence-corrected chi connectivity index (χ1v) is 10.9. The lowest BCUT2D eigenvalue weighted by Crippen LogP contribution is -2.35. The lowest BCUT2D eigenvalue weighted by Gasteiger charge is -2.36. The number of ether oxygens (including phenoxy) is 1. The van der Waals surface area contributed by atoms with Gasteiger partial charge in [0.1, 0.15) is 11.3 Å². The van der Waals surface area contributed by atoms with Crippen molar-refractivity contribution >= 4 is 11.2 Å². The molecule has 2 atom stereocenters. The highest BCUT2D eigenvalue weighted by atomic mass is 19.4. The maximum absolute atomic E-state index is 13.1. The van der Waals surface area contributed by atoms with Crippen molar-refractivity contribution in [1.82, 2.24) is 29.7 Å². The molecule has 0 bridgehead atoms. The first-order valence-electron chi connectivity index (χ1n) is 10.9. The van der Waals surface area contributed by atoms with E-state index in [2.05, 4.69) is 15.1 Å². The van der Waals surface area contributed by atoms with Gasteiger partial charge in [-0.15, -0.1) is 0 Å². The molecule has 0 radical (unpaired) electrons. The van der Waals surface area contributed by atoms with Crippen LogP contribution in [0.25, 0.3) is 11.2 Å². The van der Waals surface area contributed by atoms with Crippen LogP contribution in [0, 0.1) is 19.8 Å². The smallest absolute Gasteiger partial charge is 0.373 e. The van der Waals surface area contributed by atoms with Crippen molar-refractivity contribution in [3.8, 4) is 0 Å². The molecule has 170 valence electrons. The van der Waals surface area contributed by atoms with Crippen LogP contribution in [0.2, 0.25) is 0 Å². The molecule has 3 aromatic heterocycles. The van der Waals surface area contributed by atoms with E-state index in [0.29, 0.717) is 35.7 Å². The van der Waals surface area contributed by atoms with E-state index in [1.54, 1.807) is 10.9 Å². The molecule has 0 spiro atoms. The number of hydrogen-bond acceptors (Lipinski definition) is 6. The predicted molar refractivity (Wildman–Crippen MR) is 110 cm³/mol. The first kappa shape index (κ1) is 21.2. The van der Waals surface area contributed by atoms with Gasteiger partial charge < -0.3 is 4.74 Å². The Morgan fingerprint density at radius 2 is 1.75 bits per heavy atom. The number of halogens is 3. The number of fused-ring (bicyclic) bond motifs is 1. The fourth-order valence-corrected chi connectivity index (χ4v) is 4.60. The van der Waals surface area contributed by atoms with Gasteiger partial charge >= 0.3 is 6.18 Å². The summed E-state index contributed by atoms with van der Waals surface area (Å²) >= 11 is 0. The van der Waals surface area contributed by atoms with Crippen LogP contribution in [0.3, 0.4) is 0 Å². The molecule has 10 heteroatoms. The summed E-state index contributed by atoms with van der Waals surface area (Å²) in [7, 11) is 1.86. The average molecular weight is 446 g/mol. The molecule has 1 saturated carbocycles. The minimum absolute atomic E-state index is 0.0269. The number of aromatic nitrogens is 6. The van der Waals surface area contributed by atoms with Crippen molar-refractivity contribution in [1.29, 1.82) is 0 Å². The topological polar surface area (TPSA) is 78.6 Å². The van der Waals surface area contributed by atoms with Gasteiger partial charge in [-0.1, -0.05) is 0 Å². The molecule has 0 unspecified atom stereocenters. The molecule has 4 heterocycles. The molecule has 0 amide bonds. The van der Waals surface area contributed by atoms with Gasteiger partial charge in [-0.25, -0.2) is 19.9 Å². The Labute approximate surface area is 183 Å². The van der Waals surface area contributed by atoms with Crippen LogP contribution >= 0.6 is 0 Å². The summed E-state index contributed by atoms with van der Waals surface area (Å²) < 4.78 is 47.0. The van der Waals surface area contributed by atoms with Crippen LogP contribution in [0.5, 0.6) is 0 Å². The highest BCUT2D eigenvalue weighted by molar-refractivity contribution is 5.73. The maximum Gasteiger partial charge on any atom is 0.391 e. The molecule has 5 rings (SSSR count). The third-order valence-corrected chi connectivity index (χ3v) is 6.72. The summed E-state index contributed by atoms with van der Waals surface area (Å²) in [5, 5.41) is 4.23. The predicted octanol–water partition coefficient (Wildman–Crippen LogP) is 4.46. The zero-order chi connectivity index (χ0) is 22.6. The molecule has 2 fully saturated rings. The van der Waals surface area contributed by atoms with Crippen LogP contribution in [-0.4, -0.2) is 42.5 Å². The van der Waals surface area contributed by atoms with E-state index in [0.717, 1.165) is 23.4 Å². The normalized spacial score (nSPS) is 26.3. The Bertz CT molecular complexity index is 1150. The van der Waals surface area contributed by atoms with E-state index < -0.39 is 12.1 Å². The second-order valence-corrected chi connectivity index (χ2v) is 8.97. The summed E-state index contributed by atoms with van der Waals surface area (Å²) in [5.74, 6) is -0.911. The van der Waals surface area contributed by atoms with Crippen molar-refractivity contribution in [2.75, 3.05) is 6.61 Å². The SMILES string of the molecule is Cc1nc2nc([C@H]3CCO[C@H](c4cnn(C)c4)C3)nc([C@H]3C[C@H](C(F)(F)F)C3)c2nc1C. The molecular formula is C22H25F3N6O. The molecule has 32 heavy (non-hydrogen) atoms. The lowest BCUT2D eigenvalue weighted by molar-refractivity contribution is -0.197. The van der Waals surface area contributed by atoms with Gasteiger partial charge in [-0.3, -0.25) is 4.68 Å². The molecule has 7 nitrogen and oxygen atoms in total. The van der Waals surface area contributed by atoms with Crippen LogP contribution in [0.15, 0.2) is 12.4 Å². The Hall–Kier alpha value is -2.62. The molecule has 2 aliphatic rings. The zero-order valence-electron chi connectivity index (χ0n) is 18.2. The molecule has 3 aromatic rings. The summed E-state index contributed by atoms with van der Waals surface area (Å²) in [6.07, 6.45) is 0.949. The molecular weight excluding hydrogens is 421 g/mol. The van der Waals surface area contributed by atoms with Crippen LogP contribution in [0.1, 0.15) is 72.1 Å². The summed E-state index contributed by atoms with van der Waals surface area (Å²) in [6, 6.07) is 0. The van der Waals surface area contributed by atoms with E-state index in [1.165, 1.54) is 0 Å². The molecule has 1 saturated heterocycles. The van der Waals surface area contributed by atoms with E-state index in [1.807, 2.05) is 27.1 Å². The highest BCUT2D eigenvalue weighted by Gasteiger charge is 2.49. The zero-order valence-corrected chi connectivity index (χ0v) is 18.2. The van der Waals surface area contributed by atoms with Crippen molar-refractivity contribution < 1.29 is 17.9 Å². The Morgan fingerprint density at radius 3 is 2.44 bits per heavy atom. The Balaban J connectivity index is 1.50. The molecule has 1 aliphatic carbocycles. The largest absolute Gasteiger partial charge is 0.391 e. The molecule has 0 aromatic carbocycles. The third-order valence-electron chi connectivity index (χ3n) is 6.72. The quantitative estimate of drug-likeness (QED) is 0.591. The van der Waals surface area contributed by atoms with Crippen LogP contribution in [-0.2, 0) is 11.8 Å². The minimum atomic E-state index is -4.17. The summed E-state index contributed by atoms with van der Waals surface area (Å²) in [4.78, 5) is 18.7. The second kappa shape index (κ2) is 7.75. The number of hydrogen-bond donors (Lipinski definition) is 0. The lowest BCUT2D eigenvalue weighted by atomic mass is 9.72. The summed E-state index contributed by atoms with van der Waals surface area (Å²) in [5.41, 5.74) is 4.09. The van der Waals surface area contributed by atoms with Crippen LogP contribution in [0.4, 0.5) is 13.2 Å². The average Bonchev–Trinajstić information content (AvgIpc) is 3.13. The number of aryl methyl sites for hydroxylation is 3.